The summed E-state index contributed by atoms with van der Waals surface area (Å²) in [5.74, 6) is 0.0477. The van der Waals surface area contributed by atoms with Gasteiger partial charge >= 0.3 is 0 Å². The second-order valence-electron chi connectivity index (χ2n) is 6.43. The van der Waals surface area contributed by atoms with Crippen LogP contribution in [0.25, 0.3) is 0 Å². The van der Waals surface area contributed by atoms with E-state index in [1.807, 2.05) is 6.07 Å². The summed E-state index contributed by atoms with van der Waals surface area (Å²) in [5, 5.41) is 13.3. The zero-order chi connectivity index (χ0) is 18.2. The first kappa shape index (κ1) is 18.1. The van der Waals surface area contributed by atoms with Gasteiger partial charge in [0.15, 0.2) is 0 Å². The fraction of sp³-hybridized carbons (Fsp3) is 0.300. The molecule has 1 fully saturated rings. The molecule has 0 aliphatic carbocycles. The molecule has 1 aliphatic rings. The predicted molar refractivity (Wildman–Crippen MR) is 102 cm³/mol. The molecule has 6 nitrogen and oxygen atoms in total. The van der Waals surface area contributed by atoms with Crippen LogP contribution in [0.2, 0.25) is 0 Å². The smallest absolute Gasteiger partial charge is 0.254 e. The summed E-state index contributed by atoms with van der Waals surface area (Å²) in [5.41, 5.74) is 4.60. The zero-order valence-corrected chi connectivity index (χ0v) is 14.7. The normalized spacial score (nSPS) is 16.0. The minimum absolute atomic E-state index is 0.127. The Bertz CT molecular complexity index is 740. The van der Waals surface area contributed by atoms with E-state index in [1.165, 1.54) is 11.8 Å². The number of phenols is 1. The number of hydrazone groups is 1. The number of hydrogen-bond donors (Lipinski definition) is 2. The molecule has 0 bridgehead atoms. The molecule has 26 heavy (non-hydrogen) atoms. The predicted octanol–water partition coefficient (Wildman–Crippen LogP) is 1.66. The van der Waals surface area contributed by atoms with E-state index in [0.29, 0.717) is 6.54 Å². The number of amides is 1. The summed E-state index contributed by atoms with van der Waals surface area (Å²) in [6.07, 6.45) is 1.52. The first-order valence-electron chi connectivity index (χ1n) is 8.78. The number of nitrogens with zero attached hydrogens (tertiary/aromatic N) is 3. The van der Waals surface area contributed by atoms with Gasteiger partial charge in [0, 0.05) is 32.7 Å². The standard InChI is InChI=1S/C20H24N4O2/c25-19-8-4-7-18(13-19)14-21-22-20(26)16-24-11-9-23(10-12-24)15-17-5-2-1-3-6-17/h1-8,13-14,25H,9-12,15-16H2,(H,22,26)/b21-14-. The van der Waals surface area contributed by atoms with Crippen molar-refractivity contribution >= 4 is 12.1 Å². The third-order valence-electron chi connectivity index (χ3n) is 4.35. The molecule has 6 heteroatoms. The van der Waals surface area contributed by atoms with Gasteiger partial charge in [0.25, 0.3) is 5.91 Å². The molecule has 0 saturated carbocycles. The minimum Gasteiger partial charge on any atom is -0.508 e. The van der Waals surface area contributed by atoms with E-state index in [-0.39, 0.29) is 11.7 Å². The molecular weight excluding hydrogens is 328 g/mol. The second-order valence-corrected chi connectivity index (χ2v) is 6.43. The van der Waals surface area contributed by atoms with Gasteiger partial charge in [-0.1, -0.05) is 42.5 Å². The maximum atomic E-state index is 12.0. The van der Waals surface area contributed by atoms with Crippen molar-refractivity contribution in [2.24, 2.45) is 5.10 Å². The fourth-order valence-electron chi connectivity index (χ4n) is 2.97. The topological polar surface area (TPSA) is 68.2 Å². The molecule has 3 rings (SSSR count). The molecule has 2 N–H and O–H groups in total. The lowest BCUT2D eigenvalue weighted by molar-refractivity contribution is -0.122. The number of nitrogens with one attached hydrogen (secondary N) is 1. The number of hydrogen-bond acceptors (Lipinski definition) is 5. The van der Waals surface area contributed by atoms with Gasteiger partial charge in [-0.05, 0) is 23.3 Å². The van der Waals surface area contributed by atoms with Crippen LogP contribution in [0.15, 0.2) is 59.7 Å². The number of carbonyl (C=O) groups excluding carboxylic acids is 1. The molecule has 2 aromatic carbocycles. The van der Waals surface area contributed by atoms with E-state index >= 15 is 0 Å². The third kappa shape index (κ3) is 5.68. The highest BCUT2D eigenvalue weighted by molar-refractivity contribution is 5.83. The van der Waals surface area contributed by atoms with Crippen molar-refractivity contribution in [3.8, 4) is 5.75 Å². The summed E-state index contributed by atoms with van der Waals surface area (Å²) in [6, 6.07) is 17.2. The molecule has 2 aromatic rings. The molecule has 1 amide bonds. The van der Waals surface area contributed by atoms with E-state index in [2.05, 4.69) is 44.6 Å². The van der Waals surface area contributed by atoms with E-state index in [0.717, 1.165) is 38.3 Å². The Morgan fingerprint density at radius 2 is 1.77 bits per heavy atom. The van der Waals surface area contributed by atoms with Crippen molar-refractivity contribution in [3.05, 3.63) is 65.7 Å². The number of aromatic hydroxyl groups is 1. The highest BCUT2D eigenvalue weighted by atomic mass is 16.3. The van der Waals surface area contributed by atoms with Gasteiger partial charge in [0.1, 0.15) is 5.75 Å². The highest BCUT2D eigenvalue weighted by Crippen LogP contribution is 2.09. The summed E-state index contributed by atoms with van der Waals surface area (Å²) >= 11 is 0. The summed E-state index contributed by atoms with van der Waals surface area (Å²) in [6.45, 7) is 4.95. The lowest BCUT2D eigenvalue weighted by Gasteiger charge is -2.34. The molecule has 0 atom stereocenters. The van der Waals surface area contributed by atoms with Crippen molar-refractivity contribution in [1.82, 2.24) is 15.2 Å². The van der Waals surface area contributed by atoms with Crippen molar-refractivity contribution in [2.45, 2.75) is 6.54 Å². The average molecular weight is 352 g/mol. The molecule has 1 heterocycles. The molecule has 0 aromatic heterocycles. The van der Waals surface area contributed by atoms with Crippen molar-refractivity contribution in [1.29, 1.82) is 0 Å². The van der Waals surface area contributed by atoms with Crippen LogP contribution in [0.1, 0.15) is 11.1 Å². The van der Waals surface area contributed by atoms with Crippen LogP contribution in [0.5, 0.6) is 5.75 Å². The van der Waals surface area contributed by atoms with Crippen LogP contribution in [0, 0.1) is 0 Å². The van der Waals surface area contributed by atoms with Gasteiger partial charge in [-0.15, -0.1) is 0 Å². The Kier molecular flexibility index (Phi) is 6.35. The minimum atomic E-state index is -0.127. The first-order chi connectivity index (χ1) is 12.7. The number of benzene rings is 2. The third-order valence-corrected chi connectivity index (χ3v) is 4.35. The maximum absolute atomic E-state index is 12.0. The van der Waals surface area contributed by atoms with Gasteiger partial charge in [0.2, 0.25) is 0 Å². The van der Waals surface area contributed by atoms with Crippen LogP contribution in [-0.2, 0) is 11.3 Å². The first-order valence-corrected chi connectivity index (χ1v) is 8.78. The fourth-order valence-corrected chi connectivity index (χ4v) is 2.97. The summed E-state index contributed by atoms with van der Waals surface area (Å²) < 4.78 is 0. The largest absolute Gasteiger partial charge is 0.508 e. The van der Waals surface area contributed by atoms with Crippen LogP contribution in [0.3, 0.4) is 0 Å². The highest BCUT2D eigenvalue weighted by Gasteiger charge is 2.18. The zero-order valence-electron chi connectivity index (χ0n) is 14.7. The Morgan fingerprint density at radius 1 is 1.04 bits per heavy atom. The molecule has 136 valence electrons. The number of piperazine rings is 1. The summed E-state index contributed by atoms with van der Waals surface area (Å²) in [7, 11) is 0. The molecule has 0 spiro atoms. The maximum Gasteiger partial charge on any atom is 0.254 e. The van der Waals surface area contributed by atoms with Gasteiger partial charge in [-0.25, -0.2) is 5.43 Å². The molecule has 1 aliphatic heterocycles. The summed E-state index contributed by atoms with van der Waals surface area (Å²) in [4.78, 5) is 16.6. The quantitative estimate of drug-likeness (QED) is 0.613. The SMILES string of the molecule is O=C(CN1CCN(Cc2ccccc2)CC1)N/N=C\c1cccc(O)c1. The number of phenolic OH excluding ortho intramolecular Hbond substituents is 1. The number of rotatable bonds is 6. The van der Waals surface area contributed by atoms with Crippen LogP contribution >= 0.6 is 0 Å². The van der Waals surface area contributed by atoms with Crippen LogP contribution in [0.4, 0.5) is 0 Å². The van der Waals surface area contributed by atoms with Gasteiger partial charge in [-0.2, -0.15) is 5.10 Å². The van der Waals surface area contributed by atoms with Crippen molar-refractivity contribution < 1.29 is 9.90 Å². The molecule has 0 unspecified atom stereocenters. The van der Waals surface area contributed by atoms with Gasteiger partial charge < -0.3 is 5.11 Å². The van der Waals surface area contributed by atoms with E-state index in [4.69, 9.17) is 0 Å². The van der Waals surface area contributed by atoms with E-state index in [9.17, 15) is 9.90 Å². The Morgan fingerprint density at radius 3 is 2.50 bits per heavy atom. The van der Waals surface area contributed by atoms with E-state index in [1.54, 1.807) is 24.3 Å². The van der Waals surface area contributed by atoms with Crippen molar-refractivity contribution in [3.63, 3.8) is 0 Å². The number of carbonyl (C=O) groups is 1. The van der Waals surface area contributed by atoms with Crippen LogP contribution in [-0.4, -0.2) is 59.8 Å². The molecule has 1 saturated heterocycles. The van der Waals surface area contributed by atoms with Gasteiger partial charge in [0.05, 0.1) is 12.8 Å². The monoisotopic (exact) mass is 352 g/mol. The molecular formula is C20H24N4O2. The Balaban J connectivity index is 1.38. The molecule has 0 radical (unpaired) electrons. The van der Waals surface area contributed by atoms with Gasteiger partial charge in [-0.3, -0.25) is 14.6 Å². The van der Waals surface area contributed by atoms with E-state index < -0.39 is 0 Å². The Hall–Kier alpha value is -2.70. The average Bonchev–Trinajstić information content (AvgIpc) is 2.64. The Labute approximate surface area is 153 Å². The second kappa shape index (κ2) is 9.12. The lowest BCUT2D eigenvalue weighted by Crippen LogP contribution is -2.48. The van der Waals surface area contributed by atoms with Crippen molar-refractivity contribution in [2.75, 3.05) is 32.7 Å². The lowest BCUT2D eigenvalue weighted by atomic mass is 10.2. The van der Waals surface area contributed by atoms with Crippen LogP contribution < -0.4 is 5.43 Å².